The van der Waals surface area contributed by atoms with Crippen LogP contribution in [0.1, 0.15) is 0 Å². The minimum Gasteiger partial charge on any atom is -0.364 e. The van der Waals surface area contributed by atoms with Crippen molar-refractivity contribution in [3.8, 4) is 0 Å². The Balaban J connectivity index is 2.12. The van der Waals surface area contributed by atoms with Gasteiger partial charge in [-0.25, -0.2) is 5.43 Å². The zero-order valence-electron chi connectivity index (χ0n) is 7.53. The molecular formula is C8H11N5O. The maximum atomic E-state index is 11.3. The lowest BCUT2D eigenvalue weighted by Crippen LogP contribution is -2.41. The molecule has 4 N–H and O–H groups in total. The first-order chi connectivity index (χ1) is 6.77. The summed E-state index contributed by atoms with van der Waals surface area (Å²) >= 11 is 0. The molecule has 6 heteroatoms. The van der Waals surface area contributed by atoms with E-state index < -0.39 is 5.91 Å². The molecule has 0 saturated carbocycles. The van der Waals surface area contributed by atoms with E-state index in [0.29, 0.717) is 5.70 Å². The highest BCUT2D eigenvalue weighted by Gasteiger charge is 2.42. The molecule has 1 fully saturated rings. The lowest BCUT2D eigenvalue weighted by molar-refractivity contribution is -0.115. The van der Waals surface area contributed by atoms with Gasteiger partial charge < -0.3 is 16.1 Å². The first kappa shape index (κ1) is 7.81. The molecule has 3 heterocycles. The van der Waals surface area contributed by atoms with Gasteiger partial charge in [0.05, 0.1) is 18.1 Å². The van der Waals surface area contributed by atoms with Crippen molar-refractivity contribution in [3.05, 3.63) is 11.4 Å². The minimum atomic E-state index is -0.395. The van der Waals surface area contributed by atoms with Crippen molar-refractivity contribution in [3.63, 3.8) is 0 Å². The summed E-state index contributed by atoms with van der Waals surface area (Å²) in [4.78, 5) is 17.4. The Morgan fingerprint density at radius 2 is 2.57 bits per heavy atom. The summed E-state index contributed by atoms with van der Waals surface area (Å²) in [5.41, 5.74) is 12.8. The number of aliphatic imine (C=N–C) groups is 1. The van der Waals surface area contributed by atoms with Crippen LogP contribution in [0.5, 0.6) is 0 Å². The molecule has 3 aliphatic heterocycles. The molecule has 74 valence electrons. The first-order valence-electron chi connectivity index (χ1n) is 4.60. The van der Waals surface area contributed by atoms with Gasteiger partial charge in [0.2, 0.25) is 0 Å². The number of primary amides is 1. The van der Waals surface area contributed by atoms with Gasteiger partial charge in [-0.15, -0.1) is 0 Å². The molecule has 3 aliphatic rings. The van der Waals surface area contributed by atoms with E-state index in [2.05, 4.69) is 15.8 Å². The Labute approximate surface area is 80.8 Å². The van der Waals surface area contributed by atoms with E-state index in [1.165, 1.54) is 0 Å². The van der Waals surface area contributed by atoms with Gasteiger partial charge in [-0.1, -0.05) is 0 Å². The van der Waals surface area contributed by atoms with Gasteiger partial charge in [-0.05, 0) is 0 Å². The second-order valence-corrected chi connectivity index (χ2v) is 3.72. The third kappa shape index (κ3) is 0.832. The smallest absolute Gasteiger partial charge is 0.267 e. The topological polar surface area (TPSA) is 82.8 Å². The van der Waals surface area contributed by atoms with Gasteiger partial charge in [0, 0.05) is 19.0 Å². The molecule has 6 nitrogen and oxygen atoms in total. The summed E-state index contributed by atoms with van der Waals surface area (Å²) in [5.74, 6) is -0.125. The highest BCUT2D eigenvalue weighted by Crippen LogP contribution is 2.32. The molecule has 1 saturated heterocycles. The summed E-state index contributed by atoms with van der Waals surface area (Å²) in [6.07, 6.45) is 1.71. The lowest BCUT2D eigenvalue weighted by atomic mass is 9.93. The van der Waals surface area contributed by atoms with Crippen molar-refractivity contribution in [1.82, 2.24) is 15.8 Å². The van der Waals surface area contributed by atoms with Crippen molar-refractivity contribution < 1.29 is 4.79 Å². The standard InChI is InChI=1S/C8H11N5O/c9-8(14)7-6-4(1-11-12-6)5-2-13(7)3-10-5/h3-5,11-12H,1-2H2,(H2,9,14). The van der Waals surface area contributed by atoms with Crippen LogP contribution in [0.15, 0.2) is 16.4 Å². The van der Waals surface area contributed by atoms with Gasteiger partial charge in [0.1, 0.15) is 5.70 Å². The summed E-state index contributed by atoms with van der Waals surface area (Å²) in [6.45, 7) is 1.58. The molecule has 2 atom stereocenters. The van der Waals surface area contributed by atoms with Crippen LogP contribution in [0.4, 0.5) is 0 Å². The van der Waals surface area contributed by atoms with E-state index in [-0.39, 0.29) is 12.0 Å². The zero-order valence-corrected chi connectivity index (χ0v) is 7.53. The third-order valence-electron chi connectivity index (χ3n) is 2.94. The molecular weight excluding hydrogens is 182 g/mol. The number of nitrogens with two attached hydrogens (primary N) is 1. The minimum absolute atomic E-state index is 0.260. The molecule has 3 rings (SSSR count). The molecule has 0 radical (unpaired) electrons. The second kappa shape index (κ2) is 2.48. The van der Waals surface area contributed by atoms with E-state index >= 15 is 0 Å². The van der Waals surface area contributed by atoms with Gasteiger partial charge in [0.15, 0.2) is 0 Å². The van der Waals surface area contributed by atoms with Crippen molar-refractivity contribution in [2.24, 2.45) is 16.6 Å². The van der Waals surface area contributed by atoms with Crippen LogP contribution in [0, 0.1) is 5.92 Å². The van der Waals surface area contributed by atoms with Crippen LogP contribution in [0.3, 0.4) is 0 Å². The summed E-state index contributed by atoms with van der Waals surface area (Å²) in [5, 5.41) is 0. The number of hydrazine groups is 1. The Morgan fingerprint density at radius 3 is 3.36 bits per heavy atom. The molecule has 2 bridgehead atoms. The van der Waals surface area contributed by atoms with Crippen LogP contribution in [0.2, 0.25) is 0 Å². The highest BCUT2D eigenvalue weighted by molar-refractivity contribution is 5.95. The van der Waals surface area contributed by atoms with Crippen LogP contribution < -0.4 is 16.6 Å². The number of amides is 1. The Kier molecular flexibility index (Phi) is 1.38. The van der Waals surface area contributed by atoms with Crippen molar-refractivity contribution >= 4 is 12.2 Å². The number of fused-ring (bicyclic) bond motifs is 4. The monoisotopic (exact) mass is 193 g/mol. The second-order valence-electron chi connectivity index (χ2n) is 3.72. The fourth-order valence-corrected chi connectivity index (χ4v) is 2.29. The number of rotatable bonds is 1. The summed E-state index contributed by atoms with van der Waals surface area (Å²) in [6, 6.07) is 0.260. The number of carbonyl (C=O) groups is 1. The van der Waals surface area contributed by atoms with E-state index in [1.54, 1.807) is 6.34 Å². The van der Waals surface area contributed by atoms with Gasteiger partial charge in [-0.2, -0.15) is 0 Å². The van der Waals surface area contributed by atoms with Gasteiger partial charge in [0.25, 0.3) is 5.91 Å². The molecule has 0 aromatic carbocycles. The van der Waals surface area contributed by atoms with Crippen LogP contribution in [-0.4, -0.2) is 36.3 Å². The van der Waals surface area contributed by atoms with Gasteiger partial charge in [-0.3, -0.25) is 9.79 Å². The molecule has 0 aromatic heterocycles. The predicted octanol–water partition coefficient (Wildman–Crippen LogP) is -1.87. The number of nitrogens with zero attached hydrogens (tertiary/aromatic N) is 2. The van der Waals surface area contributed by atoms with Gasteiger partial charge >= 0.3 is 0 Å². The van der Waals surface area contributed by atoms with E-state index in [0.717, 1.165) is 18.8 Å². The van der Waals surface area contributed by atoms with Crippen LogP contribution in [0.25, 0.3) is 0 Å². The molecule has 0 aromatic rings. The molecule has 1 amide bonds. The Morgan fingerprint density at radius 1 is 1.71 bits per heavy atom. The predicted molar refractivity (Wildman–Crippen MR) is 49.8 cm³/mol. The SMILES string of the molecule is NC(=O)C1=C2NNCC2C2CN1C=N2. The lowest BCUT2D eigenvalue weighted by Gasteiger charge is -2.28. The van der Waals surface area contributed by atoms with Crippen molar-refractivity contribution in [1.29, 1.82) is 0 Å². The average molecular weight is 193 g/mol. The zero-order chi connectivity index (χ0) is 9.71. The average Bonchev–Trinajstić information content (AvgIpc) is 2.73. The molecule has 2 unspecified atom stereocenters. The first-order valence-corrected chi connectivity index (χ1v) is 4.60. The van der Waals surface area contributed by atoms with Crippen LogP contribution >= 0.6 is 0 Å². The molecule has 0 aliphatic carbocycles. The molecule has 0 spiro atoms. The fourth-order valence-electron chi connectivity index (χ4n) is 2.29. The van der Waals surface area contributed by atoms with E-state index in [4.69, 9.17) is 5.73 Å². The Bertz CT molecular complexity index is 361. The van der Waals surface area contributed by atoms with E-state index in [9.17, 15) is 4.79 Å². The third-order valence-corrected chi connectivity index (χ3v) is 2.94. The van der Waals surface area contributed by atoms with E-state index in [1.807, 2.05) is 4.90 Å². The van der Waals surface area contributed by atoms with Crippen LogP contribution in [-0.2, 0) is 4.79 Å². The van der Waals surface area contributed by atoms with Crippen molar-refractivity contribution in [2.75, 3.05) is 13.1 Å². The quantitative estimate of drug-likeness (QED) is 0.456. The highest BCUT2D eigenvalue weighted by atomic mass is 16.1. The number of carbonyl (C=O) groups excluding carboxylic acids is 1. The summed E-state index contributed by atoms with van der Waals surface area (Å²) in [7, 11) is 0. The maximum absolute atomic E-state index is 11.3. The van der Waals surface area contributed by atoms with Crippen molar-refractivity contribution in [2.45, 2.75) is 6.04 Å². The fraction of sp³-hybridized carbons (Fsp3) is 0.500. The largest absolute Gasteiger partial charge is 0.364 e. The number of hydrogen-bond donors (Lipinski definition) is 3. The molecule has 14 heavy (non-hydrogen) atoms. The number of hydrogen-bond acceptors (Lipinski definition) is 5. The number of nitrogens with one attached hydrogen (secondary N) is 2. The summed E-state index contributed by atoms with van der Waals surface area (Å²) < 4.78 is 0. The normalized spacial score (nSPS) is 33.3. The maximum Gasteiger partial charge on any atom is 0.267 e. The Hall–Kier alpha value is -1.56.